The number of hydrogen-bond donors (Lipinski definition) is 1. The van der Waals surface area contributed by atoms with Crippen molar-refractivity contribution >= 4 is 11.8 Å². The molecule has 0 spiro atoms. The van der Waals surface area contributed by atoms with Crippen molar-refractivity contribution in [1.29, 1.82) is 10.5 Å². The highest BCUT2D eigenvalue weighted by molar-refractivity contribution is 5.74. The third-order valence-electron chi connectivity index (χ3n) is 3.37. The highest BCUT2D eigenvalue weighted by Gasteiger charge is 2.24. The molecule has 0 aliphatic carbocycles. The van der Waals surface area contributed by atoms with Gasteiger partial charge in [0.15, 0.2) is 5.57 Å². The van der Waals surface area contributed by atoms with E-state index in [1.54, 1.807) is 0 Å². The number of carbonyl (C=O) groups is 1. The van der Waals surface area contributed by atoms with Gasteiger partial charge in [0.1, 0.15) is 12.1 Å². The van der Waals surface area contributed by atoms with E-state index in [1.807, 2.05) is 47.4 Å². The number of nitriles is 2. The lowest BCUT2D eigenvalue weighted by molar-refractivity contribution is 0.122. The van der Waals surface area contributed by atoms with Crippen molar-refractivity contribution in [3.63, 3.8) is 0 Å². The lowest BCUT2D eigenvalue weighted by Gasteiger charge is -2.36. The van der Waals surface area contributed by atoms with Gasteiger partial charge in [0.2, 0.25) is 0 Å². The van der Waals surface area contributed by atoms with Gasteiger partial charge in [-0.2, -0.15) is 10.5 Å². The molecule has 0 bridgehead atoms. The molecule has 0 aromatic heterocycles. The second-order valence-electron chi connectivity index (χ2n) is 4.57. The van der Waals surface area contributed by atoms with Crippen LogP contribution in [-0.4, -0.2) is 47.2 Å². The molecule has 1 saturated heterocycles. The van der Waals surface area contributed by atoms with E-state index in [-0.39, 0.29) is 5.57 Å². The predicted octanol–water partition coefficient (Wildman–Crippen LogP) is 1.74. The molecule has 0 saturated carbocycles. The van der Waals surface area contributed by atoms with Crippen molar-refractivity contribution in [2.45, 2.75) is 0 Å². The third-order valence-corrected chi connectivity index (χ3v) is 3.37. The molecule has 0 radical (unpaired) electrons. The van der Waals surface area contributed by atoms with E-state index >= 15 is 0 Å². The second-order valence-corrected chi connectivity index (χ2v) is 4.57. The van der Waals surface area contributed by atoms with Crippen LogP contribution in [0.25, 0.3) is 5.70 Å². The van der Waals surface area contributed by atoms with Gasteiger partial charge in [-0.1, -0.05) is 30.3 Å². The number of piperazine rings is 1. The van der Waals surface area contributed by atoms with Crippen LogP contribution in [-0.2, 0) is 0 Å². The van der Waals surface area contributed by atoms with Gasteiger partial charge < -0.3 is 14.9 Å². The van der Waals surface area contributed by atoms with Crippen LogP contribution in [0.2, 0.25) is 0 Å². The van der Waals surface area contributed by atoms with Crippen LogP contribution >= 0.6 is 0 Å². The first-order chi connectivity index (χ1) is 10.2. The molecule has 1 N–H and O–H groups in total. The number of carboxylic acid groups (broad SMARTS) is 1. The molecule has 0 atom stereocenters. The molecule has 1 fully saturated rings. The predicted molar refractivity (Wildman–Crippen MR) is 75.8 cm³/mol. The van der Waals surface area contributed by atoms with E-state index in [2.05, 4.69) is 0 Å². The van der Waals surface area contributed by atoms with Gasteiger partial charge in [-0.15, -0.1) is 0 Å². The maximum absolute atomic E-state index is 10.9. The Balaban J connectivity index is 2.32. The summed E-state index contributed by atoms with van der Waals surface area (Å²) in [5.41, 5.74) is 1.41. The van der Waals surface area contributed by atoms with Gasteiger partial charge >= 0.3 is 6.09 Å². The van der Waals surface area contributed by atoms with Crippen LogP contribution in [0.15, 0.2) is 35.9 Å². The van der Waals surface area contributed by atoms with Crippen LogP contribution in [0.5, 0.6) is 0 Å². The standard InChI is InChI=1S/C15H14N4O2/c16-10-13(11-17)14(12-4-2-1-3-5-12)18-6-8-19(9-7-18)15(20)21/h1-5H,6-9H2,(H,20,21). The first-order valence-electron chi connectivity index (χ1n) is 6.50. The Morgan fingerprint density at radius 3 is 2.00 bits per heavy atom. The Bertz CT molecular complexity index is 616. The van der Waals surface area contributed by atoms with E-state index in [4.69, 9.17) is 15.6 Å². The zero-order valence-electron chi connectivity index (χ0n) is 11.4. The smallest absolute Gasteiger partial charge is 0.407 e. The topological polar surface area (TPSA) is 91.4 Å². The van der Waals surface area contributed by atoms with Gasteiger partial charge in [0.05, 0.1) is 5.70 Å². The van der Waals surface area contributed by atoms with Crippen molar-refractivity contribution in [3.8, 4) is 12.1 Å². The molecule has 6 heteroatoms. The second kappa shape index (κ2) is 6.44. The highest BCUT2D eigenvalue weighted by atomic mass is 16.4. The minimum Gasteiger partial charge on any atom is -0.465 e. The Hall–Kier alpha value is -2.99. The monoisotopic (exact) mass is 282 g/mol. The molecule has 2 rings (SSSR count). The first kappa shape index (κ1) is 14.4. The van der Waals surface area contributed by atoms with E-state index in [0.29, 0.717) is 31.9 Å². The minimum atomic E-state index is -0.944. The number of allylic oxidation sites excluding steroid dienone is 1. The zero-order valence-corrected chi connectivity index (χ0v) is 11.4. The summed E-state index contributed by atoms with van der Waals surface area (Å²) in [4.78, 5) is 14.2. The number of amides is 1. The summed E-state index contributed by atoms with van der Waals surface area (Å²) < 4.78 is 0. The Morgan fingerprint density at radius 2 is 1.52 bits per heavy atom. The highest BCUT2D eigenvalue weighted by Crippen LogP contribution is 2.24. The Morgan fingerprint density at radius 1 is 1.00 bits per heavy atom. The fraction of sp³-hybridized carbons (Fsp3) is 0.267. The van der Waals surface area contributed by atoms with E-state index in [1.165, 1.54) is 4.90 Å². The third kappa shape index (κ3) is 3.13. The van der Waals surface area contributed by atoms with E-state index in [9.17, 15) is 4.79 Å². The van der Waals surface area contributed by atoms with Crippen molar-refractivity contribution in [3.05, 3.63) is 41.5 Å². The van der Waals surface area contributed by atoms with Crippen LogP contribution in [0, 0.1) is 22.7 Å². The van der Waals surface area contributed by atoms with Gasteiger partial charge in [0.25, 0.3) is 0 Å². The molecule has 6 nitrogen and oxygen atoms in total. The quantitative estimate of drug-likeness (QED) is 0.834. The molecule has 1 heterocycles. The lowest BCUT2D eigenvalue weighted by Crippen LogP contribution is -2.47. The molecular formula is C15H14N4O2. The van der Waals surface area contributed by atoms with Crippen LogP contribution < -0.4 is 0 Å². The molecular weight excluding hydrogens is 268 g/mol. The number of nitrogens with zero attached hydrogens (tertiary/aromatic N) is 4. The average Bonchev–Trinajstić information content (AvgIpc) is 2.53. The number of benzene rings is 1. The summed E-state index contributed by atoms with van der Waals surface area (Å²) in [6.45, 7) is 1.64. The molecule has 1 aromatic rings. The SMILES string of the molecule is N#CC(C#N)=C(c1ccccc1)N1CCN(C(=O)O)CC1. The fourth-order valence-corrected chi connectivity index (χ4v) is 2.33. The van der Waals surface area contributed by atoms with Crippen molar-refractivity contribution in [2.24, 2.45) is 0 Å². The maximum atomic E-state index is 10.9. The zero-order chi connectivity index (χ0) is 15.2. The Kier molecular flexibility index (Phi) is 4.43. The van der Waals surface area contributed by atoms with E-state index in [0.717, 1.165) is 5.56 Å². The molecule has 1 aromatic carbocycles. The summed E-state index contributed by atoms with van der Waals surface area (Å²) in [6.07, 6.45) is -0.944. The summed E-state index contributed by atoms with van der Waals surface area (Å²) in [5, 5.41) is 27.3. The lowest BCUT2D eigenvalue weighted by atomic mass is 10.1. The minimum absolute atomic E-state index is 0.0463. The summed E-state index contributed by atoms with van der Waals surface area (Å²) >= 11 is 0. The maximum Gasteiger partial charge on any atom is 0.407 e. The van der Waals surface area contributed by atoms with Gasteiger partial charge in [0, 0.05) is 26.2 Å². The number of hydrogen-bond acceptors (Lipinski definition) is 4. The fourth-order valence-electron chi connectivity index (χ4n) is 2.33. The van der Waals surface area contributed by atoms with Crippen LogP contribution in [0.1, 0.15) is 5.56 Å². The summed E-state index contributed by atoms with van der Waals surface area (Å²) in [5.74, 6) is 0. The largest absolute Gasteiger partial charge is 0.465 e. The summed E-state index contributed by atoms with van der Waals surface area (Å²) in [7, 11) is 0. The molecule has 1 aliphatic rings. The van der Waals surface area contributed by atoms with Crippen molar-refractivity contribution in [2.75, 3.05) is 26.2 Å². The van der Waals surface area contributed by atoms with Crippen LogP contribution in [0.4, 0.5) is 4.79 Å². The molecule has 1 aliphatic heterocycles. The normalized spacial score (nSPS) is 14.0. The number of rotatable bonds is 2. The van der Waals surface area contributed by atoms with E-state index < -0.39 is 6.09 Å². The summed E-state index contributed by atoms with van der Waals surface area (Å²) in [6, 6.07) is 13.1. The molecule has 106 valence electrons. The average molecular weight is 282 g/mol. The van der Waals surface area contributed by atoms with Gasteiger partial charge in [-0.05, 0) is 5.56 Å². The molecule has 1 amide bonds. The first-order valence-corrected chi connectivity index (χ1v) is 6.50. The Labute approximate surface area is 122 Å². The van der Waals surface area contributed by atoms with Gasteiger partial charge in [-0.25, -0.2) is 4.79 Å². The van der Waals surface area contributed by atoms with Crippen LogP contribution in [0.3, 0.4) is 0 Å². The van der Waals surface area contributed by atoms with Gasteiger partial charge in [-0.3, -0.25) is 0 Å². The molecule has 21 heavy (non-hydrogen) atoms. The van der Waals surface area contributed by atoms with Crippen molar-refractivity contribution < 1.29 is 9.90 Å². The molecule has 0 unspecified atom stereocenters. The van der Waals surface area contributed by atoms with Crippen molar-refractivity contribution in [1.82, 2.24) is 9.80 Å².